The minimum Gasteiger partial charge on any atom is -0.454 e. The van der Waals surface area contributed by atoms with Crippen molar-refractivity contribution in [1.82, 2.24) is 9.80 Å². The number of hydrogen-bond acceptors (Lipinski definition) is 6. The van der Waals surface area contributed by atoms with Gasteiger partial charge in [-0.1, -0.05) is 6.07 Å². The smallest absolute Gasteiger partial charge is 0.231 e. The maximum Gasteiger partial charge on any atom is 0.231 e. The number of rotatable bonds is 5. The van der Waals surface area contributed by atoms with Crippen molar-refractivity contribution in [3.8, 4) is 11.5 Å². The second kappa shape index (κ2) is 7.70. The quantitative estimate of drug-likeness (QED) is 0.810. The Hall–Kier alpha value is -1.34. The van der Waals surface area contributed by atoms with Crippen LogP contribution in [0.2, 0.25) is 0 Å². The topological polar surface area (TPSA) is 43.4 Å². The predicted molar refractivity (Wildman–Crippen MR) is 89.5 cm³/mol. The molecule has 3 aliphatic heterocycles. The fourth-order valence-corrected chi connectivity index (χ4v) is 3.50. The van der Waals surface area contributed by atoms with E-state index in [-0.39, 0.29) is 6.10 Å². The molecule has 0 aromatic heterocycles. The zero-order valence-electron chi connectivity index (χ0n) is 14.1. The molecule has 0 N–H and O–H groups in total. The zero-order chi connectivity index (χ0) is 16.2. The lowest BCUT2D eigenvalue weighted by atomic mass is 10.1. The molecular weight excluding hydrogens is 308 g/mol. The van der Waals surface area contributed by atoms with Crippen LogP contribution < -0.4 is 9.47 Å². The molecule has 6 heteroatoms. The third-order valence-corrected chi connectivity index (χ3v) is 4.96. The van der Waals surface area contributed by atoms with Crippen molar-refractivity contribution in [3.63, 3.8) is 0 Å². The molecule has 0 radical (unpaired) electrons. The van der Waals surface area contributed by atoms with Crippen LogP contribution >= 0.6 is 0 Å². The largest absolute Gasteiger partial charge is 0.454 e. The van der Waals surface area contributed by atoms with Gasteiger partial charge in [0.25, 0.3) is 0 Å². The van der Waals surface area contributed by atoms with Crippen molar-refractivity contribution in [3.05, 3.63) is 23.8 Å². The molecule has 0 spiro atoms. The highest BCUT2D eigenvalue weighted by Crippen LogP contribution is 2.32. The van der Waals surface area contributed by atoms with E-state index in [0.717, 1.165) is 77.0 Å². The Labute approximate surface area is 143 Å². The van der Waals surface area contributed by atoms with E-state index in [9.17, 15) is 0 Å². The molecule has 6 nitrogen and oxygen atoms in total. The van der Waals surface area contributed by atoms with Crippen LogP contribution in [0.5, 0.6) is 11.5 Å². The van der Waals surface area contributed by atoms with Gasteiger partial charge in [0.15, 0.2) is 11.5 Å². The van der Waals surface area contributed by atoms with Gasteiger partial charge < -0.3 is 23.8 Å². The second-order valence-electron chi connectivity index (χ2n) is 6.66. The van der Waals surface area contributed by atoms with Gasteiger partial charge in [0, 0.05) is 39.3 Å². The first-order chi connectivity index (χ1) is 11.9. The summed E-state index contributed by atoms with van der Waals surface area (Å²) in [6, 6.07) is 6.26. The summed E-state index contributed by atoms with van der Waals surface area (Å²) in [6.45, 7) is 9.12. The Morgan fingerprint density at radius 3 is 2.62 bits per heavy atom. The zero-order valence-corrected chi connectivity index (χ0v) is 14.1. The number of fused-ring (bicyclic) bond motifs is 1. The van der Waals surface area contributed by atoms with Gasteiger partial charge in [-0.3, -0.25) is 4.90 Å². The fourth-order valence-electron chi connectivity index (χ4n) is 3.50. The Balaban J connectivity index is 1.20. The van der Waals surface area contributed by atoms with Crippen LogP contribution in [0.4, 0.5) is 0 Å². The van der Waals surface area contributed by atoms with E-state index in [1.807, 2.05) is 6.07 Å². The Morgan fingerprint density at radius 2 is 1.79 bits per heavy atom. The summed E-state index contributed by atoms with van der Waals surface area (Å²) in [5, 5.41) is 0. The van der Waals surface area contributed by atoms with E-state index in [4.69, 9.17) is 18.9 Å². The van der Waals surface area contributed by atoms with E-state index in [1.165, 1.54) is 5.56 Å². The monoisotopic (exact) mass is 334 g/mol. The van der Waals surface area contributed by atoms with Crippen LogP contribution in [0.25, 0.3) is 0 Å². The van der Waals surface area contributed by atoms with E-state index >= 15 is 0 Å². The Bertz CT molecular complexity index is 540. The summed E-state index contributed by atoms with van der Waals surface area (Å²) in [5.74, 6) is 1.73. The third-order valence-electron chi connectivity index (χ3n) is 4.96. The molecule has 4 rings (SSSR count). The number of nitrogens with zero attached hydrogens (tertiary/aromatic N) is 2. The molecular formula is C18H26N2O4. The number of hydrogen-bond donors (Lipinski definition) is 0. The molecule has 3 aliphatic rings. The Morgan fingerprint density at radius 1 is 0.958 bits per heavy atom. The normalized spacial score (nSPS) is 25.1. The van der Waals surface area contributed by atoms with E-state index < -0.39 is 0 Å². The van der Waals surface area contributed by atoms with Crippen LogP contribution in [-0.2, 0) is 16.0 Å². The lowest BCUT2D eigenvalue weighted by Gasteiger charge is -2.35. The van der Waals surface area contributed by atoms with Crippen LogP contribution in [-0.4, -0.2) is 75.2 Å². The van der Waals surface area contributed by atoms with Gasteiger partial charge in [-0.25, -0.2) is 0 Å². The number of benzene rings is 1. The van der Waals surface area contributed by atoms with E-state index in [1.54, 1.807) is 0 Å². The van der Waals surface area contributed by atoms with Crippen molar-refractivity contribution >= 4 is 0 Å². The van der Waals surface area contributed by atoms with Gasteiger partial charge in [-0.05, 0) is 24.1 Å². The van der Waals surface area contributed by atoms with Crippen molar-refractivity contribution in [2.75, 3.05) is 59.3 Å². The number of piperazine rings is 1. The van der Waals surface area contributed by atoms with Crippen molar-refractivity contribution < 1.29 is 18.9 Å². The molecule has 2 saturated heterocycles. The van der Waals surface area contributed by atoms with Crippen LogP contribution in [0, 0.1) is 0 Å². The first-order valence-electron chi connectivity index (χ1n) is 8.89. The highest BCUT2D eigenvalue weighted by molar-refractivity contribution is 5.44. The lowest BCUT2D eigenvalue weighted by molar-refractivity contribution is -0.0933. The van der Waals surface area contributed by atoms with Gasteiger partial charge in [-0.15, -0.1) is 0 Å². The summed E-state index contributed by atoms with van der Waals surface area (Å²) in [7, 11) is 0. The molecule has 132 valence electrons. The average molecular weight is 334 g/mol. The summed E-state index contributed by atoms with van der Waals surface area (Å²) < 4.78 is 22.0. The molecule has 24 heavy (non-hydrogen) atoms. The predicted octanol–water partition coefficient (Wildman–Crippen LogP) is 1.34. The number of ether oxygens (including phenoxy) is 4. The van der Waals surface area contributed by atoms with E-state index in [0.29, 0.717) is 6.79 Å². The van der Waals surface area contributed by atoms with Gasteiger partial charge in [-0.2, -0.15) is 0 Å². The maximum absolute atomic E-state index is 5.72. The Kier molecular flexibility index (Phi) is 5.18. The summed E-state index contributed by atoms with van der Waals surface area (Å²) in [5.41, 5.74) is 1.29. The molecule has 3 heterocycles. The second-order valence-corrected chi connectivity index (χ2v) is 6.66. The highest BCUT2D eigenvalue weighted by atomic mass is 16.7. The van der Waals surface area contributed by atoms with Crippen LogP contribution in [0.15, 0.2) is 18.2 Å². The molecule has 1 atom stereocenters. The van der Waals surface area contributed by atoms with Crippen molar-refractivity contribution in [1.29, 1.82) is 0 Å². The molecule has 0 saturated carbocycles. The fraction of sp³-hybridized carbons (Fsp3) is 0.667. The maximum atomic E-state index is 5.72. The standard InChI is InChI=1S/C18H26N2O4/c1-2-17-18(24-14-23-17)11-15(1)12-20-7-5-19(6-8-20)4-3-16-13-21-9-10-22-16/h1-2,11,16H,3-10,12-14H2. The minimum absolute atomic E-state index is 0.283. The molecule has 0 amide bonds. The highest BCUT2D eigenvalue weighted by Gasteiger charge is 2.21. The first-order valence-corrected chi connectivity index (χ1v) is 8.89. The third kappa shape index (κ3) is 4.00. The SMILES string of the molecule is c1cc2c(cc1CN1CCN(CCC3COCCO3)CC1)OCO2. The van der Waals surface area contributed by atoms with Crippen molar-refractivity contribution in [2.24, 2.45) is 0 Å². The van der Waals surface area contributed by atoms with Crippen molar-refractivity contribution in [2.45, 2.75) is 19.1 Å². The van der Waals surface area contributed by atoms with Gasteiger partial charge in [0.1, 0.15) is 0 Å². The average Bonchev–Trinajstić information content (AvgIpc) is 3.10. The summed E-state index contributed by atoms with van der Waals surface area (Å²) >= 11 is 0. The van der Waals surface area contributed by atoms with Crippen LogP contribution in [0.1, 0.15) is 12.0 Å². The molecule has 1 unspecified atom stereocenters. The summed E-state index contributed by atoms with van der Waals surface area (Å²) in [6.07, 6.45) is 1.35. The van der Waals surface area contributed by atoms with Gasteiger partial charge >= 0.3 is 0 Å². The molecule has 1 aromatic rings. The molecule has 2 fully saturated rings. The molecule has 0 bridgehead atoms. The lowest BCUT2D eigenvalue weighted by Crippen LogP contribution is -2.47. The van der Waals surface area contributed by atoms with E-state index in [2.05, 4.69) is 21.9 Å². The molecule has 1 aromatic carbocycles. The summed E-state index contributed by atoms with van der Waals surface area (Å²) in [4.78, 5) is 5.04. The van der Waals surface area contributed by atoms with Crippen LogP contribution in [0.3, 0.4) is 0 Å². The minimum atomic E-state index is 0.283. The van der Waals surface area contributed by atoms with Gasteiger partial charge in [0.05, 0.1) is 25.9 Å². The van der Waals surface area contributed by atoms with Gasteiger partial charge in [0.2, 0.25) is 6.79 Å². The molecule has 0 aliphatic carbocycles. The first kappa shape index (κ1) is 16.1.